The summed E-state index contributed by atoms with van der Waals surface area (Å²) in [6, 6.07) is 5.27. The van der Waals surface area contributed by atoms with Crippen LogP contribution in [0.2, 0.25) is 0 Å². The number of rotatable bonds is 6. The third-order valence-corrected chi connectivity index (χ3v) is 3.34. The fraction of sp³-hybridized carbons (Fsp3) is 0.600. The molecule has 2 rings (SSSR count). The average Bonchev–Trinajstić information content (AvgIpc) is 2.94. The number of benzene rings is 1. The van der Waals surface area contributed by atoms with Crippen molar-refractivity contribution < 1.29 is 13.9 Å². The van der Waals surface area contributed by atoms with Crippen LogP contribution >= 0.6 is 0 Å². The van der Waals surface area contributed by atoms with Gasteiger partial charge in [-0.2, -0.15) is 0 Å². The van der Waals surface area contributed by atoms with Crippen LogP contribution in [0.1, 0.15) is 38.4 Å². The van der Waals surface area contributed by atoms with Crippen molar-refractivity contribution in [1.82, 2.24) is 5.32 Å². The molecular formula is C15H22FNO2. The Morgan fingerprint density at radius 2 is 2.00 bits per heavy atom. The van der Waals surface area contributed by atoms with Crippen molar-refractivity contribution in [3.8, 4) is 11.5 Å². The van der Waals surface area contributed by atoms with Crippen molar-refractivity contribution in [2.24, 2.45) is 0 Å². The first-order valence-corrected chi connectivity index (χ1v) is 7.03. The van der Waals surface area contributed by atoms with Gasteiger partial charge in [-0.15, -0.1) is 0 Å². The van der Waals surface area contributed by atoms with E-state index >= 15 is 0 Å². The second-order valence-electron chi connectivity index (χ2n) is 4.68. The fourth-order valence-electron chi connectivity index (χ4n) is 2.43. The first-order valence-electron chi connectivity index (χ1n) is 7.03. The molecule has 2 unspecified atom stereocenters. The first kappa shape index (κ1) is 14.1. The Morgan fingerprint density at radius 1 is 1.26 bits per heavy atom. The maximum absolute atomic E-state index is 14.4. The molecule has 1 aromatic rings. The van der Waals surface area contributed by atoms with Crippen LogP contribution in [0, 0.1) is 0 Å². The zero-order chi connectivity index (χ0) is 13.7. The molecule has 0 amide bonds. The van der Waals surface area contributed by atoms with Crippen LogP contribution in [0.3, 0.4) is 0 Å². The Morgan fingerprint density at radius 3 is 2.63 bits per heavy atom. The molecule has 1 N–H and O–H groups in total. The van der Waals surface area contributed by atoms with E-state index in [0.717, 1.165) is 19.4 Å². The lowest BCUT2D eigenvalue weighted by molar-refractivity contribution is 0.265. The number of ether oxygens (including phenoxy) is 2. The molecule has 0 aromatic heterocycles. The van der Waals surface area contributed by atoms with Gasteiger partial charge in [-0.05, 0) is 50.9 Å². The van der Waals surface area contributed by atoms with Crippen molar-refractivity contribution in [3.63, 3.8) is 0 Å². The summed E-state index contributed by atoms with van der Waals surface area (Å²) in [5.41, 5.74) is 0.659. The van der Waals surface area contributed by atoms with E-state index in [-0.39, 0.29) is 6.04 Å². The molecule has 1 aromatic carbocycles. The van der Waals surface area contributed by atoms with E-state index in [9.17, 15) is 4.39 Å². The Hall–Kier alpha value is -1.29. The van der Waals surface area contributed by atoms with Crippen LogP contribution in [-0.4, -0.2) is 25.8 Å². The fourth-order valence-corrected chi connectivity index (χ4v) is 2.43. The SMILES string of the molecule is CCOc1ccc(C(F)C2CCCN2)cc1OCC. The van der Waals surface area contributed by atoms with E-state index in [1.807, 2.05) is 13.8 Å². The van der Waals surface area contributed by atoms with Crippen molar-refractivity contribution >= 4 is 0 Å². The van der Waals surface area contributed by atoms with Crippen LogP contribution in [-0.2, 0) is 0 Å². The minimum atomic E-state index is -0.989. The normalized spacial score (nSPS) is 20.3. The number of alkyl halides is 1. The summed E-state index contributed by atoms with van der Waals surface area (Å²) in [5.74, 6) is 1.31. The van der Waals surface area contributed by atoms with Crippen molar-refractivity contribution in [1.29, 1.82) is 0 Å². The molecule has 4 heteroatoms. The Kier molecular flexibility index (Phi) is 5.02. The van der Waals surface area contributed by atoms with Gasteiger partial charge >= 0.3 is 0 Å². The third kappa shape index (κ3) is 3.38. The summed E-state index contributed by atoms with van der Waals surface area (Å²) in [6.07, 6.45) is 0.941. The summed E-state index contributed by atoms with van der Waals surface area (Å²) in [4.78, 5) is 0. The van der Waals surface area contributed by atoms with Gasteiger partial charge < -0.3 is 14.8 Å². The largest absolute Gasteiger partial charge is 0.490 e. The molecule has 106 valence electrons. The van der Waals surface area contributed by atoms with E-state index in [0.29, 0.717) is 30.3 Å². The second kappa shape index (κ2) is 6.75. The van der Waals surface area contributed by atoms with E-state index in [1.165, 1.54) is 0 Å². The van der Waals surface area contributed by atoms with Gasteiger partial charge in [-0.25, -0.2) is 4.39 Å². The standard InChI is InChI=1S/C15H22FNO2/c1-3-18-13-8-7-11(10-14(13)19-4-2)15(16)12-6-5-9-17-12/h7-8,10,12,15,17H,3-6,9H2,1-2H3. The Bertz CT molecular complexity index is 405. The monoisotopic (exact) mass is 267 g/mol. The number of nitrogens with one attached hydrogen (secondary N) is 1. The lowest BCUT2D eigenvalue weighted by Gasteiger charge is -2.18. The van der Waals surface area contributed by atoms with Gasteiger partial charge in [0, 0.05) is 6.04 Å². The molecule has 1 fully saturated rings. The molecule has 1 saturated heterocycles. The average molecular weight is 267 g/mol. The summed E-state index contributed by atoms with van der Waals surface area (Å²) in [5, 5.41) is 3.20. The molecule has 0 spiro atoms. The highest BCUT2D eigenvalue weighted by Gasteiger charge is 2.26. The van der Waals surface area contributed by atoms with Gasteiger partial charge in [-0.1, -0.05) is 6.07 Å². The quantitative estimate of drug-likeness (QED) is 0.858. The van der Waals surface area contributed by atoms with Crippen LogP contribution in [0.25, 0.3) is 0 Å². The molecule has 0 bridgehead atoms. The molecule has 2 atom stereocenters. The number of hydrogen-bond acceptors (Lipinski definition) is 3. The van der Waals surface area contributed by atoms with E-state index < -0.39 is 6.17 Å². The van der Waals surface area contributed by atoms with Gasteiger partial charge in [-0.3, -0.25) is 0 Å². The summed E-state index contributed by atoms with van der Waals surface area (Å²) in [7, 11) is 0. The molecule has 1 aliphatic rings. The van der Waals surface area contributed by atoms with Crippen molar-refractivity contribution in [2.75, 3.05) is 19.8 Å². The van der Waals surface area contributed by atoms with Crippen molar-refractivity contribution in [2.45, 2.75) is 38.9 Å². The molecule has 19 heavy (non-hydrogen) atoms. The van der Waals surface area contributed by atoms with Gasteiger partial charge in [0.1, 0.15) is 6.17 Å². The van der Waals surface area contributed by atoms with Crippen LogP contribution in [0.4, 0.5) is 4.39 Å². The second-order valence-corrected chi connectivity index (χ2v) is 4.68. The molecule has 1 heterocycles. The van der Waals surface area contributed by atoms with E-state index in [4.69, 9.17) is 9.47 Å². The van der Waals surface area contributed by atoms with Crippen LogP contribution in [0.15, 0.2) is 18.2 Å². The van der Waals surface area contributed by atoms with Gasteiger partial charge in [0.25, 0.3) is 0 Å². The minimum Gasteiger partial charge on any atom is -0.490 e. The molecule has 1 aliphatic heterocycles. The van der Waals surface area contributed by atoms with Crippen LogP contribution < -0.4 is 14.8 Å². The highest BCUT2D eigenvalue weighted by atomic mass is 19.1. The van der Waals surface area contributed by atoms with E-state index in [2.05, 4.69) is 5.32 Å². The van der Waals surface area contributed by atoms with Crippen molar-refractivity contribution in [3.05, 3.63) is 23.8 Å². The molecule has 0 aliphatic carbocycles. The zero-order valence-electron chi connectivity index (χ0n) is 11.6. The van der Waals surface area contributed by atoms with Gasteiger partial charge in [0.15, 0.2) is 11.5 Å². The number of halogens is 1. The predicted octanol–water partition coefficient (Wildman–Crippen LogP) is 3.25. The number of hydrogen-bond donors (Lipinski definition) is 1. The highest BCUT2D eigenvalue weighted by Crippen LogP contribution is 2.34. The Balaban J connectivity index is 2.18. The summed E-state index contributed by atoms with van der Waals surface area (Å²) >= 11 is 0. The summed E-state index contributed by atoms with van der Waals surface area (Å²) in [6.45, 7) is 5.85. The third-order valence-electron chi connectivity index (χ3n) is 3.34. The molecular weight excluding hydrogens is 245 g/mol. The van der Waals surface area contributed by atoms with Crippen LogP contribution in [0.5, 0.6) is 11.5 Å². The molecule has 3 nitrogen and oxygen atoms in total. The summed E-state index contributed by atoms with van der Waals surface area (Å²) < 4.78 is 25.4. The van der Waals surface area contributed by atoms with Gasteiger partial charge in [0.05, 0.1) is 13.2 Å². The zero-order valence-corrected chi connectivity index (χ0v) is 11.6. The maximum atomic E-state index is 14.4. The maximum Gasteiger partial charge on any atom is 0.161 e. The highest BCUT2D eigenvalue weighted by molar-refractivity contribution is 5.44. The topological polar surface area (TPSA) is 30.5 Å². The minimum absolute atomic E-state index is 0.0765. The predicted molar refractivity (Wildman–Crippen MR) is 73.7 cm³/mol. The lowest BCUT2D eigenvalue weighted by Crippen LogP contribution is -2.26. The first-order chi connectivity index (χ1) is 9.26. The van der Waals surface area contributed by atoms with E-state index in [1.54, 1.807) is 18.2 Å². The molecule has 0 radical (unpaired) electrons. The van der Waals surface area contributed by atoms with Gasteiger partial charge in [0.2, 0.25) is 0 Å². The Labute approximate surface area is 114 Å². The smallest absolute Gasteiger partial charge is 0.161 e. The lowest BCUT2D eigenvalue weighted by atomic mass is 10.0. The molecule has 0 saturated carbocycles.